The van der Waals surface area contributed by atoms with E-state index >= 15 is 0 Å². The van der Waals surface area contributed by atoms with Crippen LogP contribution in [0.2, 0.25) is 0 Å². The third-order valence-corrected chi connectivity index (χ3v) is 3.67. The third kappa shape index (κ3) is 2.63. The van der Waals surface area contributed by atoms with Gasteiger partial charge in [-0.15, -0.1) is 0 Å². The second-order valence-electron chi connectivity index (χ2n) is 5.18. The minimum absolute atomic E-state index is 0.759. The summed E-state index contributed by atoms with van der Waals surface area (Å²) in [6.07, 6.45) is 4.85. The monoisotopic (exact) mass is 272 g/mol. The molecule has 106 valence electrons. The second-order valence-corrected chi connectivity index (χ2v) is 5.18. The third-order valence-electron chi connectivity index (χ3n) is 3.67. The molecule has 3 rings (SSSR count). The zero-order chi connectivity index (χ0) is 13.9. The molecule has 1 aromatic rings. The van der Waals surface area contributed by atoms with E-state index in [0.29, 0.717) is 0 Å². The van der Waals surface area contributed by atoms with Gasteiger partial charge in [-0.2, -0.15) is 0 Å². The van der Waals surface area contributed by atoms with E-state index in [0.717, 1.165) is 43.5 Å². The van der Waals surface area contributed by atoms with Gasteiger partial charge in [-0.1, -0.05) is 0 Å². The van der Waals surface area contributed by atoms with Gasteiger partial charge in [0.1, 0.15) is 5.75 Å². The van der Waals surface area contributed by atoms with Crippen molar-refractivity contribution in [3.05, 3.63) is 35.5 Å². The van der Waals surface area contributed by atoms with E-state index in [1.165, 1.54) is 11.1 Å². The van der Waals surface area contributed by atoms with Gasteiger partial charge in [-0.25, -0.2) is 4.99 Å². The number of nitrogens with zero attached hydrogens (tertiary/aromatic N) is 2. The smallest absolute Gasteiger partial charge is 0.200 e. The maximum Gasteiger partial charge on any atom is 0.200 e. The highest BCUT2D eigenvalue weighted by atomic mass is 16.5. The van der Waals surface area contributed by atoms with Crippen molar-refractivity contribution in [1.82, 2.24) is 10.2 Å². The first-order valence-electron chi connectivity index (χ1n) is 6.88. The summed E-state index contributed by atoms with van der Waals surface area (Å²) in [5.74, 6) is 1.63. The molecule has 0 saturated heterocycles. The summed E-state index contributed by atoms with van der Waals surface area (Å²) in [6, 6.07) is 4.32. The molecule has 0 amide bonds. The predicted molar refractivity (Wildman–Crippen MR) is 81.2 cm³/mol. The fourth-order valence-electron chi connectivity index (χ4n) is 2.58. The van der Waals surface area contributed by atoms with Gasteiger partial charge in [-0.05, 0) is 42.8 Å². The van der Waals surface area contributed by atoms with Crippen molar-refractivity contribution < 1.29 is 4.74 Å². The lowest BCUT2D eigenvalue weighted by Gasteiger charge is -2.26. The van der Waals surface area contributed by atoms with Crippen molar-refractivity contribution >= 4 is 11.6 Å². The topological polar surface area (TPSA) is 48.9 Å². The molecule has 2 N–H and O–H groups in total. The Labute approximate surface area is 119 Å². The van der Waals surface area contributed by atoms with Crippen LogP contribution < -0.4 is 15.4 Å². The lowest BCUT2D eigenvalue weighted by Crippen LogP contribution is -2.32. The number of anilines is 1. The standard InChI is InChI=1S/C15H20N4O/c1-19-7-4-11-9-14(20-2)13(8-12(11)10-19)18-15-16-5-3-6-17-15/h3,5,8-9H,4,6-7,10H2,1-2H3,(H2,16,17,18). The highest BCUT2D eigenvalue weighted by Gasteiger charge is 2.17. The van der Waals surface area contributed by atoms with Crippen molar-refractivity contribution in [1.29, 1.82) is 0 Å². The van der Waals surface area contributed by atoms with Crippen LogP contribution in [-0.4, -0.2) is 38.1 Å². The SMILES string of the molecule is COc1cc2c(cc1NC1=NC=CCN1)CN(C)CC2. The summed E-state index contributed by atoms with van der Waals surface area (Å²) in [4.78, 5) is 6.61. The summed E-state index contributed by atoms with van der Waals surface area (Å²) >= 11 is 0. The van der Waals surface area contributed by atoms with Crippen molar-refractivity contribution in [3.8, 4) is 5.75 Å². The van der Waals surface area contributed by atoms with E-state index in [-0.39, 0.29) is 0 Å². The molecule has 0 aromatic heterocycles. The van der Waals surface area contributed by atoms with Gasteiger partial charge >= 0.3 is 0 Å². The van der Waals surface area contributed by atoms with Crippen LogP contribution in [0.4, 0.5) is 5.69 Å². The summed E-state index contributed by atoms with van der Waals surface area (Å²) in [6.45, 7) is 2.87. The highest BCUT2D eigenvalue weighted by molar-refractivity contribution is 5.96. The molecular formula is C15H20N4O. The van der Waals surface area contributed by atoms with Gasteiger partial charge in [0.05, 0.1) is 12.8 Å². The Balaban J connectivity index is 1.90. The first-order chi connectivity index (χ1) is 9.76. The van der Waals surface area contributed by atoms with Gasteiger partial charge in [0.2, 0.25) is 5.96 Å². The number of benzene rings is 1. The number of fused-ring (bicyclic) bond motifs is 1. The van der Waals surface area contributed by atoms with E-state index in [2.05, 4.69) is 39.7 Å². The van der Waals surface area contributed by atoms with E-state index in [9.17, 15) is 0 Å². The van der Waals surface area contributed by atoms with E-state index < -0.39 is 0 Å². The lowest BCUT2D eigenvalue weighted by atomic mass is 9.99. The van der Waals surface area contributed by atoms with Crippen LogP contribution in [0.1, 0.15) is 11.1 Å². The lowest BCUT2D eigenvalue weighted by molar-refractivity contribution is 0.312. The Kier molecular flexibility index (Phi) is 3.60. The van der Waals surface area contributed by atoms with Crippen molar-refractivity contribution in [2.24, 2.45) is 4.99 Å². The van der Waals surface area contributed by atoms with Gasteiger partial charge in [0.15, 0.2) is 0 Å². The maximum atomic E-state index is 5.50. The first-order valence-corrected chi connectivity index (χ1v) is 6.88. The molecule has 0 atom stereocenters. The first kappa shape index (κ1) is 13.0. The second kappa shape index (κ2) is 5.54. The molecule has 0 unspecified atom stereocenters. The Bertz CT molecular complexity index is 565. The molecule has 0 aliphatic carbocycles. The Morgan fingerprint density at radius 3 is 3.00 bits per heavy atom. The normalized spacial score (nSPS) is 18.0. The molecule has 20 heavy (non-hydrogen) atoms. The number of nitrogens with one attached hydrogen (secondary N) is 2. The predicted octanol–water partition coefficient (Wildman–Crippen LogP) is 1.57. The Hall–Kier alpha value is -2.01. The van der Waals surface area contributed by atoms with Crippen LogP contribution >= 0.6 is 0 Å². The molecule has 2 aliphatic heterocycles. The van der Waals surface area contributed by atoms with Crippen LogP contribution in [0.3, 0.4) is 0 Å². The largest absolute Gasteiger partial charge is 0.495 e. The summed E-state index contributed by atoms with van der Waals surface area (Å²) in [5.41, 5.74) is 3.70. The molecular weight excluding hydrogens is 252 g/mol. The van der Waals surface area contributed by atoms with Crippen LogP contribution in [0.15, 0.2) is 29.4 Å². The molecule has 2 aliphatic rings. The Morgan fingerprint density at radius 1 is 1.35 bits per heavy atom. The number of ether oxygens (including phenoxy) is 1. The average Bonchev–Trinajstić information content (AvgIpc) is 2.47. The maximum absolute atomic E-state index is 5.50. The molecule has 0 radical (unpaired) electrons. The molecule has 0 spiro atoms. The minimum Gasteiger partial charge on any atom is -0.495 e. The van der Waals surface area contributed by atoms with Crippen LogP contribution in [0.5, 0.6) is 5.75 Å². The number of likely N-dealkylation sites (N-methyl/N-ethyl adjacent to an activating group) is 1. The number of guanidine groups is 1. The molecule has 2 heterocycles. The molecule has 0 saturated carbocycles. The fraction of sp³-hybridized carbons (Fsp3) is 0.400. The molecule has 0 fully saturated rings. The van der Waals surface area contributed by atoms with Gasteiger partial charge in [0, 0.05) is 25.8 Å². The number of rotatable bonds is 2. The fourth-order valence-corrected chi connectivity index (χ4v) is 2.58. The van der Waals surface area contributed by atoms with Gasteiger partial charge < -0.3 is 20.3 Å². The van der Waals surface area contributed by atoms with Crippen LogP contribution in [0.25, 0.3) is 0 Å². The zero-order valence-corrected chi connectivity index (χ0v) is 11.9. The number of hydrogen-bond acceptors (Lipinski definition) is 5. The van der Waals surface area contributed by atoms with Gasteiger partial charge in [0.25, 0.3) is 0 Å². The van der Waals surface area contributed by atoms with E-state index in [1.54, 1.807) is 13.3 Å². The van der Waals surface area contributed by atoms with E-state index in [4.69, 9.17) is 4.74 Å². The average molecular weight is 272 g/mol. The quantitative estimate of drug-likeness (QED) is 0.858. The number of hydrogen-bond donors (Lipinski definition) is 2. The van der Waals surface area contributed by atoms with E-state index in [1.807, 2.05) is 6.08 Å². The van der Waals surface area contributed by atoms with Gasteiger partial charge in [-0.3, -0.25) is 0 Å². The minimum atomic E-state index is 0.759. The molecule has 5 heteroatoms. The van der Waals surface area contributed by atoms with Crippen molar-refractivity contribution in [2.45, 2.75) is 13.0 Å². The van der Waals surface area contributed by atoms with Crippen molar-refractivity contribution in [3.63, 3.8) is 0 Å². The molecule has 5 nitrogen and oxygen atoms in total. The summed E-state index contributed by atoms with van der Waals surface area (Å²) < 4.78 is 5.50. The highest BCUT2D eigenvalue weighted by Crippen LogP contribution is 2.31. The molecule has 1 aromatic carbocycles. The number of methoxy groups -OCH3 is 1. The van der Waals surface area contributed by atoms with Crippen LogP contribution in [-0.2, 0) is 13.0 Å². The summed E-state index contributed by atoms with van der Waals surface area (Å²) in [7, 11) is 3.86. The zero-order valence-electron chi connectivity index (χ0n) is 11.9. The molecule has 0 bridgehead atoms. The van der Waals surface area contributed by atoms with Crippen molar-refractivity contribution in [2.75, 3.05) is 32.6 Å². The summed E-state index contributed by atoms with van der Waals surface area (Å²) in [5, 5.41) is 6.50. The van der Waals surface area contributed by atoms with Crippen LogP contribution in [0, 0.1) is 0 Å². The Morgan fingerprint density at radius 2 is 2.25 bits per heavy atom. The number of aliphatic imine (C=N–C) groups is 1.